The van der Waals surface area contributed by atoms with Crippen molar-refractivity contribution in [1.82, 2.24) is 0 Å². The molecule has 5 heteroatoms. The van der Waals surface area contributed by atoms with Gasteiger partial charge in [0.05, 0.1) is 6.61 Å². The Balaban J connectivity index is 2.20. The average molecular weight is 307 g/mol. The minimum absolute atomic E-state index is 0.0771. The molecule has 0 aromatic heterocycles. The fourth-order valence-corrected chi connectivity index (χ4v) is 2.03. The Morgan fingerprint density at radius 1 is 1.14 bits per heavy atom. The summed E-state index contributed by atoms with van der Waals surface area (Å²) in [5.41, 5.74) is 0.920. The van der Waals surface area contributed by atoms with E-state index in [0.717, 1.165) is 11.3 Å². The molecule has 0 saturated heterocycles. The third-order valence-electron chi connectivity index (χ3n) is 2.83. The Morgan fingerprint density at radius 3 is 2.62 bits per heavy atom. The van der Waals surface area contributed by atoms with E-state index in [1.165, 1.54) is 18.2 Å². The monoisotopic (exact) mass is 306 g/mol. The van der Waals surface area contributed by atoms with Crippen LogP contribution in [0.3, 0.4) is 0 Å². The predicted molar refractivity (Wildman–Crippen MR) is 80.4 cm³/mol. The molecule has 2 aromatic rings. The van der Waals surface area contributed by atoms with Gasteiger partial charge in [0.15, 0.2) is 0 Å². The van der Waals surface area contributed by atoms with Crippen molar-refractivity contribution in [2.45, 2.75) is 13.5 Å². The number of benzene rings is 2. The number of para-hydroxylation sites is 1. The van der Waals surface area contributed by atoms with Crippen LogP contribution in [0.1, 0.15) is 22.8 Å². The molecule has 0 spiro atoms. The molecule has 4 nitrogen and oxygen atoms in total. The first kappa shape index (κ1) is 15.2. The zero-order valence-electron chi connectivity index (χ0n) is 11.5. The number of hydrogen-bond acceptors (Lipinski definition) is 3. The third-order valence-corrected chi connectivity index (χ3v) is 3.06. The number of rotatable bonds is 6. The first-order valence-corrected chi connectivity index (χ1v) is 6.86. The van der Waals surface area contributed by atoms with Gasteiger partial charge in [-0.1, -0.05) is 29.8 Å². The summed E-state index contributed by atoms with van der Waals surface area (Å²) in [5.74, 6) is -0.0973. The third kappa shape index (κ3) is 3.89. The van der Waals surface area contributed by atoms with Crippen molar-refractivity contribution in [1.29, 1.82) is 0 Å². The molecule has 0 aliphatic rings. The van der Waals surface area contributed by atoms with E-state index in [9.17, 15) is 4.79 Å². The van der Waals surface area contributed by atoms with E-state index in [1.54, 1.807) is 0 Å². The number of hydrogen-bond donors (Lipinski definition) is 1. The fourth-order valence-electron chi connectivity index (χ4n) is 1.87. The number of ether oxygens (including phenoxy) is 2. The zero-order valence-corrected chi connectivity index (χ0v) is 12.3. The van der Waals surface area contributed by atoms with Crippen molar-refractivity contribution < 1.29 is 19.4 Å². The molecule has 2 aromatic carbocycles. The summed E-state index contributed by atoms with van der Waals surface area (Å²) in [5, 5.41) is 9.57. The summed E-state index contributed by atoms with van der Waals surface area (Å²) in [6, 6.07) is 11.9. The SMILES string of the molecule is CCOc1ccccc1COc1cc(Cl)ccc1C(=O)O. The van der Waals surface area contributed by atoms with E-state index in [0.29, 0.717) is 11.6 Å². The predicted octanol–water partition coefficient (Wildman–Crippen LogP) is 4.02. The van der Waals surface area contributed by atoms with Crippen LogP contribution in [0.4, 0.5) is 0 Å². The second kappa shape index (κ2) is 6.99. The Labute approximate surface area is 127 Å². The zero-order chi connectivity index (χ0) is 15.2. The minimum Gasteiger partial charge on any atom is -0.493 e. The van der Waals surface area contributed by atoms with Gasteiger partial charge in [-0.15, -0.1) is 0 Å². The van der Waals surface area contributed by atoms with E-state index >= 15 is 0 Å². The Kier molecular flexibility index (Phi) is 5.06. The minimum atomic E-state index is -1.06. The topological polar surface area (TPSA) is 55.8 Å². The van der Waals surface area contributed by atoms with Gasteiger partial charge in [0.25, 0.3) is 0 Å². The summed E-state index contributed by atoms with van der Waals surface area (Å²) in [4.78, 5) is 11.2. The number of carbonyl (C=O) groups is 1. The van der Waals surface area contributed by atoms with Gasteiger partial charge in [-0.3, -0.25) is 0 Å². The lowest BCUT2D eigenvalue weighted by Gasteiger charge is -2.13. The molecule has 0 aliphatic carbocycles. The van der Waals surface area contributed by atoms with Crippen molar-refractivity contribution >= 4 is 17.6 Å². The maximum Gasteiger partial charge on any atom is 0.339 e. The highest BCUT2D eigenvalue weighted by molar-refractivity contribution is 6.30. The summed E-state index contributed by atoms with van der Waals surface area (Å²) in [7, 11) is 0. The summed E-state index contributed by atoms with van der Waals surface area (Å²) >= 11 is 5.89. The van der Waals surface area contributed by atoms with Crippen LogP contribution in [-0.2, 0) is 6.61 Å². The summed E-state index contributed by atoms with van der Waals surface area (Å²) in [6.07, 6.45) is 0. The van der Waals surface area contributed by atoms with E-state index < -0.39 is 5.97 Å². The van der Waals surface area contributed by atoms with E-state index in [2.05, 4.69) is 0 Å². The van der Waals surface area contributed by atoms with Crippen molar-refractivity contribution in [3.8, 4) is 11.5 Å². The Morgan fingerprint density at radius 2 is 1.90 bits per heavy atom. The number of carboxylic acids is 1. The molecule has 2 rings (SSSR count). The van der Waals surface area contributed by atoms with Crippen LogP contribution in [0.2, 0.25) is 5.02 Å². The lowest BCUT2D eigenvalue weighted by atomic mass is 10.2. The molecule has 0 amide bonds. The molecule has 1 N–H and O–H groups in total. The normalized spacial score (nSPS) is 10.2. The molecule has 0 bridgehead atoms. The van der Waals surface area contributed by atoms with Crippen LogP contribution < -0.4 is 9.47 Å². The molecule has 0 fully saturated rings. The lowest BCUT2D eigenvalue weighted by molar-refractivity contribution is 0.0692. The Bertz CT molecular complexity index is 640. The van der Waals surface area contributed by atoms with E-state index in [1.807, 2.05) is 31.2 Å². The maximum absolute atomic E-state index is 11.2. The summed E-state index contributed by atoms with van der Waals surface area (Å²) in [6.45, 7) is 2.66. The number of halogens is 1. The molecule has 0 atom stereocenters. The van der Waals surface area contributed by atoms with Crippen molar-refractivity contribution in [3.05, 3.63) is 58.6 Å². The second-order valence-corrected chi connectivity index (χ2v) is 4.71. The molecule has 110 valence electrons. The van der Waals surface area contributed by atoms with Crippen molar-refractivity contribution in [3.63, 3.8) is 0 Å². The highest BCUT2D eigenvalue weighted by Gasteiger charge is 2.13. The standard InChI is InChI=1S/C16H15ClO4/c1-2-20-14-6-4-3-5-11(14)10-21-15-9-12(17)7-8-13(15)16(18)19/h3-9H,2,10H2,1H3,(H,18,19). The van der Waals surface area contributed by atoms with Crippen LogP contribution >= 0.6 is 11.6 Å². The average Bonchev–Trinajstić information content (AvgIpc) is 2.46. The molecule has 0 saturated carbocycles. The van der Waals surface area contributed by atoms with E-state index in [-0.39, 0.29) is 17.9 Å². The second-order valence-electron chi connectivity index (χ2n) is 4.28. The Hall–Kier alpha value is -2.20. The molecular formula is C16H15ClO4. The van der Waals surface area contributed by atoms with Gasteiger partial charge in [-0.2, -0.15) is 0 Å². The van der Waals surface area contributed by atoms with Gasteiger partial charge in [-0.05, 0) is 31.2 Å². The highest BCUT2D eigenvalue weighted by atomic mass is 35.5. The largest absolute Gasteiger partial charge is 0.493 e. The van der Waals surface area contributed by atoms with Crippen LogP contribution in [0.25, 0.3) is 0 Å². The van der Waals surface area contributed by atoms with Crippen LogP contribution in [-0.4, -0.2) is 17.7 Å². The van der Waals surface area contributed by atoms with Crippen molar-refractivity contribution in [2.75, 3.05) is 6.61 Å². The first-order chi connectivity index (χ1) is 10.1. The number of aromatic carboxylic acids is 1. The van der Waals surface area contributed by atoms with Gasteiger partial charge in [0.2, 0.25) is 0 Å². The van der Waals surface area contributed by atoms with Gasteiger partial charge in [-0.25, -0.2) is 4.79 Å². The van der Waals surface area contributed by atoms with E-state index in [4.69, 9.17) is 26.2 Å². The molecule has 0 aliphatic heterocycles. The molecule has 0 radical (unpaired) electrons. The quantitative estimate of drug-likeness (QED) is 0.876. The van der Waals surface area contributed by atoms with Crippen LogP contribution in [0.5, 0.6) is 11.5 Å². The molecule has 0 heterocycles. The van der Waals surface area contributed by atoms with Gasteiger partial charge in [0, 0.05) is 10.6 Å². The van der Waals surface area contributed by atoms with Gasteiger partial charge < -0.3 is 14.6 Å². The lowest BCUT2D eigenvalue weighted by Crippen LogP contribution is -2.05. The fraction of sp³-hybridized carbons (Fsp3) is 0.188. The van der Waals surface area contributed by atoms with Crippen LogP contribution in [0.15, 0.2) is 42.5 Å². The molecule has 0 unspecified atom stereocenters. The first-order valence-electron chi connectivity index (χ1n) is 6.48. The van der Waals surface area contributed by atoms with Gasteiger partial charge >= 0.3 is 5.97 Å². The smallest absolute Gasteiger partial charge is 0.339 e. The molecular weight excluding hydrogens is 292 g/mol. The van der Waals surface area contributed by atoms with Crippen molar-refractivity contribution in [2.24, 2.45) is 0 Å². The number of carboxylic acid groups (broad SMARTS) is 1. The molecule has 21 heavy (non-hydrogen) atoms. The van der Waals surface area contributed by atoms with Gasteiger partial charge in [0.1, 0.15) is 23.7 Å². The van der Waals surface area contributed by atoms with Crippen LogP contribution in [0, 0.1) is 0 Å². The highest BCUT2D eigenvalue weighted by Crippen LogP contribution is 2.26. The maximum atomic E-state index is 11.2. The summed E-state index contributed by atoms with van der Waals surface area (Å²) < 4.78 is 11.1.